The number of aliphatic hydroxyl groups excluding tert-OH is 2. The van der Waals surface area contributed by atoms with Gasteiger partial charge in [-0.05, 0) is 80.4 Å². The Morgan fingerprint density at radius 2 is 1.64 bits per heavy atom. The molecule has 286 valence electrons. The fraction of sp³-hybridized carbons (Fsp3) is 0.432. The van der Waals surface area contributed by atoms with Gasteiger partial charge >= 0.3 is 11.9 Å². The van der Waals surface area contributed by atoms with Crippen molar-refractivity contribution in [1.82, 2.24) is 24.2 Å². The highest BCUT2D eigenvalue weighted by Crippen LogP contribution is 2.27. The fourth-order valence-corrected chi connectivity index (χ4v) is 6.70. The maximum Gasteiger partial charge on any atom is 0.335 e. The lowest BCUT2D eigenvalue weighted by atomic mass is 10.1. The maximum absolute atomic E-state index is 13.4. The Hall–Kier alpha value is -4.61. The second kappa shape index (κ2) is 20.0. The van der Waals surface area contributed by atoms with E-state index >= 15 is 0 Å². The molecule has 16 heteroatoms. The summed E-state index contributed by atoms with van der Waals surface area (Å²) in [5.41, 5.74) is 5.70. The topological polar surface area (TPSA) is 189 Å². The Balaban J connectivity index is 0.000000550. The number of carboxylic acids is 2. The number of aliphatic hydroxyl groups is 2. The third kappa shape index (κ3) is 11.4. The number of benzene rings is 2. The number of nitrogens with zero attached hydrogens (tertiary/aromatic N) is 5. The summed E-state index contributed by atoms with van der Waals surface area (Å²) in [6, 6.07) is 16.5. The number of carboxylic acid groups (broad SMARTS) is 2. The van der Waals surface area contributed by atoms with Crippen molar-refractivity contribution in [2.24, 2.45) is 0 Å². The van der Waals surface area contributed by atoms with E-state index in [4.69, 9.17) is 35.0 Å². The summed E-state index contributed by atoms with van der Waals surface area (Å²) in [5, 5.41) is 38.1. The zero-order valence-corrected chi connectivity index (χ0v) is 30.8. The van der Waals surface area contributed by atoms with Crippen molar-refractivity contribution >= 4 is 23.7 Å². The lowest BCUT2D eigenvalue weighted by Gasteiger charge is -2.19. The molecule has 53 heavy (non-hydrogen) atoms. The summed E-state index contributed by atoms with van der Waals surface area (Å²) in [5.74, 6) is -2.38. The predicted molar refractivity (Wildman–Crippen MR) is 195 cm³/mol. The van der Waals surface area contributed by atoms with Crippen LogP contribution in [0.15, 0.2) is 64.5 Å². The van der Waals surface area contributed by atoms with Crippen LogP contribution in [0, 0.1) is 5.82 Å². The highest BCUT2D eigenvalue weighted by molar-refractivity contribution is 7.98. The van der Waals surface area contributed by atoms with E-state index in [1.54, 1.807) is 19.2 Å². The predicted octanol–water partition coefficient (Wildman–Crippen LogP) is 3.47. The molecule has 4 aromatic rings. The highest BCUT2D eigenvalue weighted by Gasteiger charge is 2.29. The van der Waals surface area contributed by atoms with E-state index in [1.807, 2.05) is 24.3 Å². The minimum Gasteiger partial charge on any atom is -0.497 e. The standard InChI is InChI=1S/C33H40FN5O3S.C4H6O6/c1-4-37(5-2)17-18-39-27(21-30(36-39)25-11-15-28(41-3)16-12-25)22-42-20-19-38-31-8-6-7-29(31)32(40)35-33(38)43-23-24-9-13-26(34)14-10-24;5-1(3(7)8)2(6)4(9)10/h9-16,21H,4-8,17-20,22-23H2,1-3H3;1-2,5-6H,(H,7,8)(H,9,10)/t;1-,2-/m.1/s1. The first-order valence-corrected chi connectivity index (χ1v) is 18.3. The van der Waals surface area contributed by atoms with Gasteiger partial charge in [-0.1, -0.05) is 37.7 Å². The molecule has 0 radical (unpaired) electrons. The van der Waals surface area contributed by atoms with Gasteiger partial charge in [0.05, 0.1) is 38.3 Å². The zero-order chi connectivity index (χ0) is 38.5. The molecule has 0 fully saturated rings. The number of methoxy groups -OCH3 is 1. The third-order valence-electron chi connectivity index (χ3n) is 8.77. The van der Waals surface area contributed by atoms with Gasteiger partial charge in [0.1, 0.15) is 11.6 Å². The highest BCUT2D eigenvalue weighted by atomic mass is 32.2. The molecule has 0 bridgehead atoms. The Kier molecular flexibility index (Phi) is 15.5. The third-order valence-corrected chi connectivity index (χ3v) is 9.82. The van der Waals surface area contributed by atoms with E-state index in [0.29, 0.717) is 30.7 Å². The van der Waals surface area contributed by atoms with Crippen LogP contribution in [0.2, 0.25) is 0 Å². The van der Waals surface area contributed by atoms with Crippen LogP contribution in [0.4, 0.5) is 4.39 Å². The lowest BCUT2D eigenvalue weighted by Crippen LogP contribution is -2.39. The largest absolute Gasteiger partial charge is 0.497 e. The van der Waals surface area contributed by atoms with Crippen molar-refractivity contribution in [3.63, 3.8) is 0 Å². The molecule has 4 N–H and O–H groups in total. The minimum atomic E-state index is -2.27. The van der Waals surface area contributed by atoms with Crippen LogP contribution in [0.25, 0.3) is 11.3 Å². The van der Waals surface area contributed by atoms with E-state index in [-0.39, 0.29) is 11.4 Å². The van der Waals surface area contributed by atoms with Gasteiger partial charge < -0.3 is 39.4 Å². The van der Waals surface area contributed by atoms with Crippen molar-refractivity contribution in [3.05, 3.63) is 93.3 Å². The average Bonchev–Trinajstić information content (AvgIpc) is 3.82. The lowest BCUT2D eigenvalue weighted by molar-refractivity contribution is -0.165. The second-order valence-corrected chi connectivity index (χ2v) is 13.1. The van der Waals surface area contributed by atoms with Gasteiger partial charge in [0, 0.05) is 35.7 Å². The molecule has 0 spiro atoms. The summed E-state index contributed by atoms with van der Waals surface area (Å²) >= 11 is 1.51. The molecular weight excluding hydrogens is 709 g/mol. The molecule has 2 heterocycles. The van der Waals surface area contributed by atoms with Crippen molar-refractivity contribution in [3.8, 4) is 17.0 Å². The molecule has 2 atom stereocenters. The Morgan fingerprint density at radius 1 is 0.981 bits per heavy atom. The van der Waals surface area contributed by atoms with Crippen LogP contribution in [-0.2, 0) is 52.6 Å². The van der Waals surface area contributed by atoms with Crippen molar-refractivity contribution in [2.75, 3.05) is 33.4 Å². The summed E-state index contributed by atoms with van der Waals surface area (Å²) in [6.45, 7) is 9.52. The van der Waals surface area contributed by atoms with Crippen molar-refractivity contribution in [1.29, 1.82) is 0 Å². The molecule has 1 aliphatic rings. The number of thioether (sulfide) groups is 1. The van der Waals surface area contributed by atoms with Gasteiger partial charge in [0.15, 0.2) is 17.4 Å². The number of hydrogen-bond donors (Lipinski definition) is 4. The normalized spacial score (nSPS) is 13.3. The molecular formula is C37H46FN5O9S. The Labute approximate surface area is 310 Å². The monoisotopic (exact) mass is 755 g/mol. The molecule has 5 rings (SSSR count). The summed E-state index contributed by atoms with van der Waals surface area (Å²) in [4.78, 5) is 39.1. The SMILES string of the molecule is CCN(CC)CCn1nc(-c2ccc(OC)cc2)cc1COCCn1c(SCc2ccc(F)cc2)nc(=O)c2c1CCC2.O=C(O)[C@H](O)[C@@H](O)C(=O)O. The molecule has 0 unspecified atom stereocenters. The van der Waals surface area contributed by atoms with E-state index in [0.717, 1.165) is 85.0 Å². The molecule has 0 aliphatic heterocycles. The van der Waals surface area contributed by atoms with Gasteiger partial charge in [-0.2, -0.15) is 10.1 Å². The van der Waals surface area contributed by atoms with Gasteiger partial charge in [-0.25, -0.2) is 14.0 Å². The fourth-order valence-electron chi connectivity index (χ4n) is 5.70. The zero-order valence-electron chi connectivity index (χ0n) is 30.0. The molecule has 0 saturated heterocycles. The van der Waals surface area contributed by atoms with E-state index in [9.17, 15) is 18.8 Å². The first kappa shape index (κ1) is 41.2. The van der Waals surface area contributed by atoms with E-state index in [1.165, 1.54) is 23.9 Å². The van der Waals surface area contributed by atoms with Gasteiger partial charge in [0.2, 0.25) is 0 Å². The smallest absolute Gasteiger partial charge is 0.335 e. The van der Waals surface area contributed by atoms with Crippen LogP contribution < -0.4 is 10.3 Å². The van der Waals surface area contributed by atoms with Crippen molar-refractivity contribution < 1.29 is 43.9 Å². The number of rotatable bonds is 18. The van der Waals surface area contributed by atoms with Crippen LogP contribution in [0.1, 0.15) is 42.8 Å². The summed E-state index contributed by atoms with van der Waals surface area (Å²) in [7, 11) is 1.66. The number of hydrogen-bond acceptors (Lipinski definition) is 11. The molecule has 2 aromatic heterocycles. The minimum absolute atomic E-state index is 0.130. The number of likely N-dealkylation sites (N-methyl/N-ethyl adjacent to an activating group) is 1. The Bertz CT molecular complexity index is 1850. The average molecular weight is 756 g/mol. The quantitative estimate of drug-likeness (QED) is 0.0657. The van der Waals surface area contributed by atoms with Crippen LogP contribution in [0.5, 0.6) is 5.75 Å². The van der Waals surface area contributed by atoms with Gasteiger partial charge in [-0.3, -0.25) is 9.48 Å². The number of aromatic nitrogens is 4. The van der Waals surface area contributed by atoms with Crippen LogP contribution in [0.3, 0.4) is 0 Å². The van der Waals surface area contributed by atoms with Gasteiger partial charge in [-0.15, -0.1) is 0 Å². The molecule has 2 aromatic carbocycles. The number of aliphatic carboxylic acids is 2. The van der Waals surface area contributed by atoms with Crippen LogP contribution >= 0.6 is 11.8 Å². The van der Waals surface area contributed by atoms with Gasteiger partial charge in [0.25, 0.3) is 5.56 Å². The van der Waals surface area contributed by atoms with E-state index in [2.05, 4.69) is 39.0 Å². The second-order valence-electron chi connectivity index (χ2n) is 12.2. The summed E-state index contributed by atoms with van der Waals surface area (Å²) in [6.07, 6.45) is -1.94. The number of halogens is 1. The maximum atomic E-state index is 13.4. The Morgan fingerprint density at radius 3 is 2.25 bits per heavy atom. The molecule has 1 aliphatic carbocycles. The number of fused-ring (bicyclic) bond motifs is 1. The first-order chi connectivity index (χ1) is 25.4. The number of ether oxygens (including phenoxy) is 2. The molecule has 14 nitrogen and oxygen atoms in total. The molecule has 0 saturated carbocycles. The number of carbonyl (C=O) groups is 2. The van der Waals surface area contributed by atoms with Crippen molar-refractivity contribution in [2.45, 2.75) is 75.9 Å². The van der Waals surface area contributed by atoms with E-state index < -0.39 is 24.1 Å². The first-order valence-electron chi connectivity index (χ1n) is 17.3. The molecule has 0 amide bonds. The van der Waals surface area contributed by atoms with Crippen LogP contribution in [-0.4, -0.2) is 102 Å². The summed E-state index contributed by atoms with van der Waals surface area (Å²) < 4.78 is 29.2.